The summed E-state index contributed by atoms with van der Waals surface area (Å²) >= 11 is 0. The number of hydrogen-bond acceptors (Lipinski definition) is 6. The fourth-order valence-corrected chi connectivity index (χ4v) is 6.07. The summed E-state index contributed by atoms with van der Waals surface area (Å²) in [5.41, 5.74) is 1.37. The molecule has 1 amide bonds. The van der Waals surface area contributed by atoms with Gasteiger partial charge in [-0.1, -0.05) is 12.5 Å². The van der Waals surface area contributed by atoms with Gasteiger partial charge in [-0.05, 0) is 69.0 Å². The van der Waals surface area contributed by atoms with Crippen LogP contribution in [0.25, 0.3) is 0 Å². The fourth-order valence-electron chi connectivity index (χ4n) is 6.07. The van der Waals surface area contributed by atoms with Gasteiger partial charge in [0.25, 0.3) is 5.91 Å². The van der Waals surface area contributed by atoms with Crippen LogP contribution in [0.2, 0.25) is 0 Å². The van der Waals surface area contributed by atoms with E-state index in [1.807, 2.05) is 29.2 Å². The van der Waals surface area contributed by atoms with Crippen molar-refractivity contribution in [1.82, 2.24) is 14.8 Å². The molecule has 0 N–H and O–H groups in total. The molecule has 4 aliphatic rings. The van der Waals surface area contributed by atoms with E-state index >= 15 is 0 Å². The van der Waals surface area contributed by atoms with E-state index in [2.05, 4.69) is 9.88 Å². The molecular weight excluding hydrogens is 418 g/mol. The number of likely N-dealkylation sites (tertiary alicyclic amines) is 1. The second-order valence-corrected chi connectivity index (χ2v) is 9.58. The summed E-state index contributed by atoms with van der Waals surface area (Å²) in [5.74, 6) is 0.856. The number of amides is 1. The van der Waals surface area contributed by atoms with Gasteiger partial charge in [-0.2, -0.15) is 0 Å². The number of fused-ring (bicyclic) bond motifs is 1. The molecule has 1 saturated carbocycles. The van der Waals surface area contributed by atoms with Crippen molar-refractivity contribution in [3.05, 3.63) is 65.6 Å². The second-order valence-electron chi connectivity index (χ2n) is 9.58. The van der Waals surface area contributed by atoms with Crippen LogP contribution in [0.15, 0.2) is 58.7 Å². The molecule has 6 rings (SSSR count). The zero-order chi connectivity index (χ0) is 22.4. The first-order chi connectivity index (χ1) is 16.2. The van der Waals surface area contributed by atoms with E-state index in [1.165, 1.54) is 0 Å². The Morgan fingerprint density at radius 3 is 2.67 bits per heavy atom. The Hall–Kier alpha value is -2.93. The smallest absolute Gasteiger partial charge is 0.290 e. The third kappa shape index (κ3) is 3.50. The molecule has 1 saturated heterocycles. The Balaban J connectivity index is 1.40. The van der Waals surface area contributed by atoms with Crippen LogP contribution in [0.4, 0.5) is 0 Å². The number of carbonyl (C=O) groups is 2. The number of pyridine rings is 1. The number of carbonyl (C=O) groups excluding carboxylic acids is 2. The fraction of sp³-hybridized carbons (Fsp3) is 0.500. The average Bonchev–Trinajstić information content (AvgIpc) is 3.61. The Bertz CT molecular complexity index is 1060. The molecule has 2 fully saturated rings. The molecular formula is C26H29N3O4. The van der Waals surface area contributed by atoms with E-state index in [9.17, 15) is 9.59 Å². The van der Waals surface area contributed by atoms with Gasteiger partial charge in [0.2, 0.25) is 0 Å². The zero-order valence-corrected chi connectivity index (χ0v) is 18.7. The molecule has 7 heteroatoms. The number of Topliss-reactive ketones (excluding diaryl/α,β-unsaturated/α-hetero) is 1. The molecule has 5 heterocycles. The zero-order valence-electron chi connectivity index (χ0n) is 18.7. The van der Waals surface area contributed by atoms with E-state index in [0.29, 0.717) is 12.1 Å². The molecule has 0 aromatic carbocycles. The quantitative estimate of drug-likeness (QED) is 0.694. The lowest BCUT2D eigenvalue weighted by atomic mass is 9.78. The van der Waals surface area contributed by atoms with Crippen molar-refractivity contribution in [2.75, 3.05) is 19.6 Å². The standard InChI is InChI=1S/C26H29N3O4/c30-24-18-8-1-2-9-20(18)33-25-22(24)23(17-7-5-11-27-15-17)29(26(25)31)16-19(21-10-6-14-32-21)28-12-3-4-13-28/h5-7,10-11,14-15,18-20,23H,1-4,8-9,12-13,16H2. The Morgan fingerprint density at radius 1 is 1.06 bits per heavy atom. The van der Waals surface area contributed by atoms with Crippen LogP contribution >= 0.6 is 0 Å². The number of ether oxygens (including phenoxy) is 1. The minimum Gasteiger partial charge on any atom is -0.483 e. The van der Waals surface area contributed by atoms with Crippen LogP contribution in [0.3, 0.4) is 0 Å². The van der Waals surface area contributed by atoms with E-state index in [0.717, 1.165) is 62.9 Å². The van der Waals surface area contributed by atoms with Gasteiger partial charge in [0, 0.05) is 18.9 Å². The van der Waals surface area contributed by atoms with E-state index in [-0.39, 0.29) is 35.5 Å². The highest BCUT2D eigenvalue weighted by atomic mass is 16.5. The highest BCUT2D eigenvalue weighted by Gasteiger charge is 2.52. The third-order valence-electron chi connectivity index (χ3n) is 7.68. The van der Waals surface area contributed by atoms with Gasteiger partial charge in [-0.15, -0.1) is 0 Å². The molecule has 4 atom stereocenters. The van der Waals surface area contributed by atoms with Gasteiger partial charge in [-0.3, -0.25) is 19.5 Å². The molecule has 2 aromatic rings. The second kappa shape index (κ2) is 8.45. The summed E-state index contributed by atoms with van der Waals surface area (Å²) in [6, 6.07) is 7.14. The molecule has 4 unspecified atom stereocenters. The van der Waals surface area contributed by atoms with Crippen LogP contribution < -0.4 is 0 Å². The summed E-state index contributed by atoms with van der Waals surface area (Å²) in [5, 5.41) is 0. The summed E-state index contributed by atoms with van der Waals surface area (Å²) in [6.45, 7) is 2.38. The predicted molar refractivity (Wildman–Crippen MR) is 120 cm³/mol. The van der Waals surface area contributed by atoms with Crippen molar-refractivity contribution in [3.8, 4) is 0 Å². The number of aromatic nitrogens is 1. The molecule has 7 nitrogen and oxygen atoms in total. The third-order valence-corrected chi connectivity index (χ3v) is 7.68. The Kier molecular flexibility index (Phi) is 5.29. The van der Waals surface area contributed by atoms with Crippen molar-refractivity contribution < 1.29 is 18.7 Å². The van der Waals surface area contributed by atoms with Gasteiger partial charge in [0.1, 0.15) is 11.9 Å². The van der Waals surface area contributed by atoms with Crippen molar-refractivity contribution in [3.63, 3.8) is 0 Å². The average molecular weight is 448 g/mol. The van der Waals surface area contributed by atoms with Crippen molar-refractivity contribution in [2.45, 2.75) is 56.7 Å². The van der Waals surface area contributed by atoms with Crippen LogP contribution in [0.1, 0.15) is 61.9 Å². The topological polar surface area (TPSA) is 75.9 Å². The van der Waals surface area contributed by atoms with Gasteiger partial charge < -0.3 is 14.1 Å². The van der Waals surface area contributed by atoms with Crippen LogP contribution in [-0.2, 0) is 14.3 Å². The monoisotopic (exact) mass is 447 g/mol. The molecule has 3 aliphatic heterocycles. The van der Waals surface area contributed by atoms with Crippen molar-refractivity contribution in [1.29, 1.82) is 0 Å². The molecule has 0 radical (unpaired) electrons. The van der Waals surface area contributed by atoms with Crippen molar-refractivity contribution in [2.24, 2.45) is 5.92 Å². The lowest BCUT2D eigenvalue weighted by molar-refractivity contribution is -0.136. The molecule has 2 aromatic heterocycles. The Labute approximate surface area is 193 Å². The maximum Gasteiger partial charge on any atom is 0.290 e. The molecule has 1 aliphatic carbocycles. The van der Waals surface area contributed by atoms with Gasteiger partial charge in [-0.25, -0.2) is 0 Å². The van der Waals surface area contributed by atoms with Crippen LogP contribution in [0, 0.1) is 5.92 Å². The number of ketones is 1. The Morgan fingerprint density at radius 2 is 1.91 bits per heavy atom. The highest BCUT2D eigenvalue weighted by molar-refractivity contribution is 6.11. The van der Waals surface area contributed by atoms with E-state index in [4.69, 9.17) is 9.15 Å². The minimum atomic E-state index is -0.475. The van der Waals surface area contributed by atoms with Crippen LogP contribution in [-0.4, -0.2) is 52.2 Å². The number of furan rings is 1. The molecule has 0 spiro atoms. The van der Waals surface area contributed by atoms with Crippen LogP contribution in [0.5, 0.6) is 0 Å². The maximum absolute atomic E-state index is 13.8. The molecule has 0 bridgehead atoms. The lowest BCUT2D eigenvalue weighted by Gasteiger charge is -2.35. The number of hydrogen-bond donors (Lipinski definition) is 0. The summed E-state index contributed by atoms with van der Waals surface area (Å²) in [6.07, 6.45) is 11.0. The largest absolute Gasteiger partial charge is 0.483 e. The molecule has 33 heavy (non-hydrogen) atoms. The SMILES string of the molecule is O=C1C2=C(OC3CCCCC13)C(=O)N(CC(c1ccco1)N1CCCC1)C2c1cccnc1. The van der Waals surface area contributed by atoms with Gasteiger partial charge in [0.15, 0.2) is 11.5 Å². The summed E-state index contributed by atoms with van der Waals surface area (Å²) in [4.78, 5) is 36.0. The predicted octanol–water partition coefficient (Wildman–Crippen LogP) is 3.81. The van der Waals surface area contributed by atoms with Crippen molar-refractivity contribution >= 4 is 11.7 Å². The van der Waals surface area contributed by atoms with Gasteiger partial charge in [0.05, 0.1) is 29.8 Å². The normalized spacial score (nSPS) is 28.6. The maximum atomic E-state index is 13.8. The number of rotatable bonds is 5. The first-order valence-corrected chi connectivity index (χ1v) is 12.2. The first kappa shape index (κ1) is 20.7. The summed E-state index contributed by atoms with van der Waals surface area (Å²) in [7, 11) is 0. The highest BCUT2D eigenvalue weighted by Crippen LogP contribution is 2.47. The molecule has 172 valence electrons. The number of nitrogens with zero attached hydrogens (tertiary/aromatic N) is 3. The van der Waals surface area contributed by atoms with Gasteiger partial charge >= 0.3 is 0 Å². The van der Waals surface area contributed by atoms with E-state index in [1.54, 1.807) is 18.7 Å². The summed E-state index contributed by atoms with van der Waals surface area (Å²) < 4.78 is 12.1. The lowest BCUT2D eigenvalue weighted by Crippen LogP contribution is -2.40. The van der Waals surface area contributed by atoms with E-state index < -0.39 is 6.04 Å². The first-order valence-electron chi connectivity index (χ1n) is 12.2. The minimum absolute atomic E-state index is 0.0654.